The minimum atomic E-state index is 0. The molecule has 0 amide bonds. The van der Waals surface area contributed by atoms with Gasteiger partial charge in [0.2, 0.25) is 0 Å². The number of hydrogen-bond acceptors (Lipinski definition) is 5. The molecule has 0 bridgehead atoms. The summed E-state index contributed by atoms with van der Waals surface area (Å²) in [6.07, 6.45) is 3.29. The van der Waals surface area contributed by atoms with Crippen LogP contribution in [0.4, 0.5) is 0 Å². The van der Waals surface area contributed by atoms with Gasteiger partial charge in [0.05, 0.1) is 26.3 Å². The van der Waals surface area contributed by atoms with Gasteiger partial charge in [-0.05, 0) is 24.0 Å². The van der Waals surface area contributed by atoms with Gasteiger partial charge >= 0.3 is 0 Å². The van der Waals surface area contributed by atoms with Gasteiger partial charge in [0.1, 0.15) is 12.7 Å². The van der Waals surface area contributed by atoms with Crippen LogP contribution in [0.15, 0.2) is 41.9 Å². The second-order valence-electron chi connectivity index (χ2n) is 7.95. The lowest BCUT2D eigenvalue weighted by molar-refractivity contribution is 0.00752. The summed E-state index contributed by atoms with van der Waals surface area (Å²) in [5.74, 6) is 1.42. The van der Waals surface area contributed by atoms with Crippen LogP contribution in [0.2, 0.25) is 0 Å². The Hall–Kier alpha value is -1.72. The Labute approximate surface area is 202 Å². The number of nitrogens with zero attached hydrogens (tertiary/aromatic N) is 5. The lowest BCUT2D eigenvalue weighted by atomic mass is 10.0. The molecule has 0 aliphatic carbocycles. The van der Waals surface area contributed by atoms with Crippen LogP contribution in [0.1, 0.15) is 31.9 Å². The van der Waals surface area contributed by atoms with Crippen LogP contribution in [0.25, 0.3) is 0 Å². The van der Waals surface area contributed by atoms with Gasteiger partial charge in [-0.1, -0.05) is 38.1 Å². The maximum Gasteiger partial charge on any atom is 0.191 e. The molecule has 0 radical (unpaired) electrons. The standard InChI is InChI=1S/C22H35N7O.HI/c1-4-24-22(26-14-21(18(2)3)28-8-10-30-11-9-28)25-13-19-6-5-7-20(12-19)15-29-17-23-16-27-29;/h5-7,12,16-18,21H,4,8-11,13-15H2,1-3H3,(H2,24,25,26);1H. The van der Waals surface area contributed by atoms with Gasteiger partial charge in [0.15, 0.2) is 5.96 Å². The van der Waals surface area contributed by atoms with Gasteiger partial charge in [-0.3, -0.25) is 4.90 Å². The topological polar surface area (TPSA) is 79.6 Å². The third-order valence-electron chi connectivity index (χ3n) is 5.33. The SMILES string of the molecule is CCNC(=NCc1cccc(Cn2cncn2)c1)NCC(C(C)C)N1CCOCC1.I. The van der Waals surface area contributed by atoms with Gasteiger partial charge in [0, 0.05) is 32.2 Å². The molecule has 1 aromatic carbocycles. The summed E-state index contributed by atoms with van der Waals surface area (Å²) in [5.41, 5.74) is 2.37. The minimum Gasteiger partial charge on any atom is -0.379 e. The fourth-order valence-corrected chi connectivity index (χ4v) is 3.74. The molecule has 0 spiro atoms. The van der Waals surface area contributed by atoms with Gasteiger partial charge in [-0.25, -0.2) is 14.7 Å². The van der Waals surface area contributed by atoms with Crippen molar-refractivity contribution in [2.75, 3.05) is 39.4 Å². The normalized spacial score (nSPS) is 16.1. The molecule has 1 saturated heterocycles. The van der Waals surface area contributed by atoms with Crippen molar-refractivity contribution >= 4 is 29.9 Å². The average molecular weight is 541 g/mol. The quantitative estimate of drug-likeness (QED) is 0.289. The third-order valence-corrected chi connectivity index (χ3v) is 5.33. The lowest BCUT2D eigenvalue weighted by Gasteiger charge is -2.37. The predicted octanol–water partition coefficient (Wildman–Crippen LogP) is 2.36. The van der Waals surface area contributed by atoms with E-state index in [-0.39, 0.29) is 24.0 Å². The molecule has 8 nitrogen and oxygen atoms in total. The summed E-state index contributed by atoms with van der Waals surface area (Å²) in [5, 5.41) is 11.1. The van der Waals surface area contributed by atoms with Gasteiger partial charge in [-0.15, -0.1) is 24.0 Å². The molecular weight excluding hydrogens is 505 g/mol. The molecule has 1 aromatic heterocycles. The first-order valence-corrected chi connectivity index (χ1v) is 10.9. The van der Waals surface area contributed by atoms with Crippen LogP contribution in [-0.2, 0) is 17.8 Å². The second-order valence-corrected chi connectivity index (χ2v) is 7.95. The van der Waals surface area contributed by atoms with E-state index < -0.39 is 0 Å². The average Bonchev–Trinajstić information content (AvgIpc) is 3.26. The van der Waals surface area contributed by atoms with Crippen molar-refractivity contribution in [3.8, 4) is 0 Å². The van der Waals surface area contributed by atoms with E-state index in [1.54, 1.807) is 12.7 Å². The number of nitrogens with one attached hydrogen (secondary N) is 2. The number of rotatable bonds is 9. The molecule has 1 aliphatic heterocycles. The van der Waals surface area contributed by atoms with Crippen LogP contribution in [0.3, 0.4) is 0 Å². The summed E-state index contributed by atoms with van der Waals surface area (Å²) in [4.78, 5) is 11.3. The van der Waals surface area contributed by atoms with Crippen molar-refractivity contribution in [2.45, 2.75) is 39.9 Å². The number of ether oxygens (including phenoxy) is 1. The van der Waals surface area contributed by atoms with E-state index in [1.807, 2.05) is 4.68 Å². The highest BCUT2D eigenvalue weighted by Crippen LogP contribution is 2.12. The summed E-state index contributed by atoms with van der Waals surface area (Å²) < 4.78 is 7.34. The van der Waals surface area contributed by atoms with Gasteiger partial charge in [0.25, 0.3) is 0 Å². The van der Waals surface area contributed by atoms with Crippen molar-refractivity contribution < 1.29 is 4.74 Å². The Morgan fingerprint density at radius 1 is 1.19 bits per heavy atom. The Morgan fingerprint density at radius 3 is 2.65 bits per heavy atom. The molecule has 1 atom stereocenters. The largest absolute Gasteiger partial charge is 0.379 e. The zero-order valence-electron chi connectivity index (χ0n) is 18.8. The van der Waals surface area contributed by atoms with E-state index >= 15 is 0 Å². The molecule has 2 N–H and O–H groups in total. The predicted molar refractivity (Wildman–Crippen MR) is 135 cm³/mol. The van der Waals surface area contributed by atoms with E-state index in [2.05, 4.69) is 70.7 Å². The summed E-state index contributed by atoms with van der Waals surface area (Å²) in [7, 11) is 0. The van der Waals surface area contributed by atoms with Gasteiger partial charge < -0.3 is 15.4 Å². The van der Waals surface area contributed by atoms with Crippen molar-refractivity contribution in [3.63, 3.8) is 0 Å². The Morgan fingerprint density at radius 2 is 1.97 bits per heavy atom. The molecular formula is C22H36IN7O. The molecule has 1 fully saturated rings. The Balaban J connectivity index is 0.00000341. The fraction of sp³-hybridized carbons (Fsp3) is 0.591. The van der Waals surface area contributed by atoms with Crippen molar-refractivity contribution in [1.29, 1.82) is 0 Å². The van der Waals surface area contributed by atoms with E-state index in [1.165, 1.54) is 11.1 Å². The Bertz CT molecular complexity index is 776. The highest BCUT2D eigenvalue weighted by atomic mass is 127. The summed E-state index contributed by atoms with van der Waals surface area (Å²) >= 11 is 0. The number of guanidine groups is 1. The fourth-order valence-electron chi connectivity index (χ4n) is 3.74. The number of morpholine rings is 1. The highest BCUT2D eigenvalue weighted by Gasteiger charge is 2.23. The molecule has 31 heavy (non-hydrogen) atoms. The van der Waals surface area contributed by atoms with E-state index in [4.69, 9.17) is 9.73 Å². The maximum absolute atomic E-state index is 5.52. The second kappa shape index (κ2) is 13.6. The van der Waals surface area contributed by atoms with Crippen molar-refractivity contribution in [2.24, 2.45) is 10.9 Å². The number of aromatic nitrogens is 3. The molecule has 172 valence electrons. The molecule has 9 heteroatoms. The zero-order valence-corrected chi connectivity index (χ0v) is 21.2. The first-order valence-electron chi connectivity index (χ1n) is 10.9. The van der Waals surface area contributed by atoms with Crippen LogP contribution in [0, 0.1) is 5.92 Å². The minimum absolute atomic E-state index is 0. The molecule has 1 unspecified atom stereocenters. The maximum atomic E-state index is 5.52. The summed E-state index contributed by atoms with van der Waals surface area (Å²) in [6, 6.07) is 8.93. The smallest absolute Gasteiger partial charge is 0.191 e. The van der Waals surface area contributed by atoms with Crippen LogP contribution in [-0.4, -0.2) is 71.1 Å². The number of benzene rings is 1. The van der Waals surface area contributed by atoms with Gasteiger partial charge in [-0.2, -0.15) is 5.10 Å². The molecule has 3 rings (SSSR count). The van der Waals surface area contributed by atoms with E-state index in [9.17, 15) is 0 Å². The Kier molecular flexibility index (Phi) is 11.2. The van der Waals surface area contributed by atoms with Crippen molar-refractivity contribution in [1.82, 2.24) is 30.3 Å². The van der Waals surface area contributed by atoms with Crippen LogP contribution in [0.5, 0.6) is 0 Å². The van der Waals surface area contributed by atoms with E-state index in [0.29, 0.717) is 25.0 Å². The first kappa shape index (κ1) is 25.5. The molecule has 0 saturated carbocycles. The summed E-state index contributed by atoms with van der Waals surface area (Å²) in [6.45, 7) is 13.4. The van der Waals surface area contributed by atoms with Crippen molar-refractivity contribution in [3.05, 3.63) is 48.0 Å². The third kappa shape index (κ3) is 8.38. The number of aliphatic imine (C=N–C) groups is 1. The molecule has 1 aliphatic rings. The highest BCUT2D eigenvalue weighted by molar-refractivity contribution is 14.0. The van der Waals surface area contributed by atoms with E-state index in [0.717, 1.165) is 45.4 Å². The van der Waals surface area contributed by atoms with Crippen LogP contribution < -0.4 is 10.6 Å². The van der Waals surface area contributed by atoms with Crippen LogP contribution >= 0.6 is 24.0 Å². The first-order chi connectivity index (χ1) is 14.7. The lowest BCUT2D eigenvalue weighted by Crippen LogP contribution is -2.52. The monoisotopic (exact) mass is 541 g/mol. The molecule has 2 aromatic rings. The number of halogens is 1. The zero-order chi connectivity index (χ0) is 21.2. The number of hydrogen-bond donors (Lipinski definition) is 2. The molecule has 2 heterocycles.